The summed E-state index contributed by atoms with van der Waals surface area (Å²) in [5.41, 5.74) is 8.83. The number of aromatic nitrogens is 2. The maximum atomic E-state index is 6.07. The van der Waals surface area contributed by atoms with E-state index in [9.17, 15) is 0 Å². The highest BCUT2D eigenvalue weighted by Crippen LogP contribution is 2.24. The molecule has 2 aromatic rings. The Balaban J connectivity index is 2.58. The van der Waals surface area contributed by atoms with Gasteiger partial charge in [-0.25, -0.2) is 4.68 Å². The molecule has 0 saturated carbocycles. The van der Waals surface area contributed by atoms with Gasteiger partial charge in [-0.1, -0.05) is 24.6 Å². The standard InChI is InChI=1S/C12H14ClN3/c1-3-9-7-12(14)16(15-9)11-6-4-5-10(13)8(11)2/h4-7H,3,14H2,1-2H3. The lowest BCUT2D eigenvalue weighted by Gasteiger charge is -2.08. The molecule has 0 unspecified atom stereocenters. The smallest absolute Gasteiger partial charge is 0.127 e. The van der Waals surface area contributed by atoms with E-state index in [4.69, 9.17) is 17.3 Å². The fourth-order valence-corrected chi connectivity index (χ4v) is 1.81. The fraction of sp³-hybridized carbons (Fsp3) is 0.250. The van der Waals surface area contributed by atoms with Gasteiger partial charge in [-0.2, -0.15) is 5.10 Å². The van der Waals surface area contributed by atoms with E-state index < -0.39 is 0 Å². The van der Waals surface area contributed by atoms with Crippen LogP contribution in [0.3, 0.4) is 0 Å². The summed E-state index contributed by atoms with van der Waals surface area (Å²) in [4.78, 5) is 0. The largest absolute Gasteiger partial charge is 0.384 e. The van der Waals surface area contributed by atoms with E-state index in [0.29, 0.717) is 5.82 Å². The van der Waals surface area contributed by atoms with Gasteiger partial charge in [0.15, 0.2) is 0 Å². The lowest BCUT2D eigenvalue weighted by atomic mass is 10.2. The molecule has 2 N–H and O–H groups in total. The number of benzene rings is 1. The molecule has 0 bridgehead atoms. The molecule has 1 heterocycles. The molecule has 16 heavy (non-hydrogen) atoms. The molecule has 0 aliphatic heterocycles. The first kappa shape index (κ1) is 11.0. The number of hydrogen-bond donors (Lipinski definition) is 1. The first-order valence-electron chi connectivity index (χ1n) is 5.23. The van der Waals surface area contributed by atoms with Crippen LogP contribution in [0.4, 0.5) is 5.82 Å². The predicted molar refractivity (Wildman–Crippen MR) is 67.1 cm³/mol. The average Bonchev–Trinajstić information content (AvgIpc) is 2.64. The van der Waals surface area contributed by atoms with E-state index in [-0.39, 0.29) is 0 Å². The van der Waals surface area contributed by atoms with Crippen LogP contribution >= 0.6 is 11.6 Å². The molecule has 0 atom stereocenters. The van der Waals surface area contributed by atoms with Gasteiger partial charge in [0.2, 0.25) is 0 Å². The first-order valence-corrected chi connectivity index (χ1v) is 5.61. The molecular formula is C12H14ClN3. The van der Waals surface area contributed by atoms with Gasteiger partial charge in [0.05, 0.1) is 11.4 Å². The zero-order chi connectivity index (χ0) is 11.7. The normalized spacial score (nSPS) is 10.7. The molecule has 2 rings (SSSR count). The summed E-state index contributed by atoms with van der Waals surface area (Å²) in [6, 6.07) is 7.61. The molecule has 0 aliphatic carbocycles. The monoisotopic (exact) mass is 235 g/mol. The van der Waals surface area contributed by atoms with Crippen molar-refractivity contribution in [2.24, 2.45) is 0 Å². The lowest BCUT2D eigenvalue weighted by molar-refractivity contribution is 0.843. The van der Waals surface area contributed by atoms with Crippen LogP contribution in [0.25, 0.3) is 5.69 Å². The average molecular weight is 236 g/mol. The summed E-state index contributed by atoms with van der Waals surface area (Å²) in [6.07, 6.45) is 0.872. The molecule has 0 spiro atoms. The van der Waals surface area contributed by atoms with Crippen molar-refractivity contribution in [3.05, 3.63) is 40.5 Å². The topological polar surface area (TPSA) is 43.8 Å². The van der Waals surface area contributed by atoms with Gasteiger partial charge in [-0.05, 0) is 31.0 Å². The molecule has 0 fully saturated rings. The van der Waals surface area contributed by atoms with Crippen LogP contribution < -0.4 is 5.73 Å². The molecule has 0 amide bonds. The van der Waals surface area contributed by atoms with E-state index in [1.54, 1.807) is 4.68 Å². The summed E-state index contributed by atoms with van der Waals surface area (Å²) in [5.74, 6) is 0.641. The Morgan fingerprint density at radius 3 is 2.81 bits per heavy atom. The highest BCUT2D eigenvalue weighted by atomic mass is 35.5. The van der Waals surface area contributed by atoms with E-state index in [1.807, 2.05) is 31.2 Å². The van der Waals surface area contributed by atoms with Gasteiger partial charge in [-0.3, -0.25) is 0 Å². The fourth-order valence-electron chi connectivity index (χ4n) is 1.64. The van der Waals surface area contributed by atoms with Crippen LogP contribution in [-0.2, 0) is 6.42 Å². The first-order chi connectivity index (χ1) is 7.63. The highest BCUT2D eigenvalue weighted by molar-refractivity contribution is 6.31. The van der Waals surface area contributed by atoms with Crippen molar-refractivity contribution in [2.75, 3.05) is 5.73 Å². The number of halogens is 1. The van der Waals surface area contributed by atoms with Gasteiger partial charge in [-0.15, -0.1) is 0 Å². The van der Waals surface area contributed by atoms with E-state index in [0.717, 1.165) is 28.4 Å². The number of aryl methyl sites for hydroxylation is 1. The van der Waals surface area contributed by atoms with Crippen LogP contribution in [0, 0.1) is 6.92 Å². The Hall–Kier alpha value is -1.48. The van der Waals surface area contributed by atoms with Crippen molar-refractivity contribution in [2.45, 2.75) is 20.3 Å². The molecule has 84 valence electrons. The van der Waals surface area contributed by atoms with Crippen molar-refractivity contribution in [3.8, 4) is 5.69 Å². The Bertz CT molecular complexity index is 517. The summed E-state index contributed by atoms with van der Waals surface area (Å²) in [5, 5.41) is 5.16. The third kappa shape index (κ3) is 1.78. The third-order valence-corrected chi connectivity index (χ3v) is 3.03. The number of anilines is 1. The second-order valence-corrected chi connectivity index (χ2v) is 4.12. The molecule has 3 nitrogen and oxygen atoms in total. The van der Waals surface area contributed by atoms with Gasteiger partial charge >= 0.3 is 0 Å². The van der Waals surface area contributed by atoms with Crippen molar-refractivity contribution in [1.29, 1.82) is 0 Å². The summed E-state index contributed by atoms with van der Waals surface area (Å²) < 4.78 is 1.74. The van der Waals surface area contributed by atoms with Crippen LogP contribution in [0.1, 0.15) is 18.2 Å². The lowest BCUT2D eigenvalue weighted by Crippen LogP contribution is -2.04. The quantitative estimate of drug-likeness (QED) is 0.870. The molecule has 4 heteroatoms. The second kappa shape index (κ2) is 4.18. The van der Waals surface area contributed by atoms with Gasteiger partial charge in [0.25, 0.3) is 0 Å². The van der Waals surface area contributed by atoms with E-state index in [1.165, 1.54) is 0 Å². The van der Waals surface area contributed by atoms with E-state index >= 15 is 0 Å². The number of rotatable bonds is 2. The zero-order valence-corrected chi connectivity index (χ0v) is 10.1. The SMILES string of the molecule is CCc1cc(N)n(-c2cccc(Cl)c2C)n1. The molecule has 0 radical (unpaired) electrons. The minimum atomic E-state index is 0.641. The van der Waals surface area contributed by atoms with Gasteiger partial charge < -0.3 is 5.73 Å². The van der Waals surface area contributed by atoms with Gasteiger partial charge in [0, 0.05) is 11.1 Å². The van der Waals surface area contributed by atoms with Crippen molar-refractivity contribution in [1.82, 2.24) is 9.78 Å². The predicted octanol–water partition coefficient (Wildman–Crippen LogP) is 2.98. The summed E-state index contributed by atoms with van der Waals surface area (Å²) >= 11 is 6.07. The van der Waals surface area contributed by atoms with E-state index in [2.05, 4.69) is 12.0 Å². The second-order valence-electron chi connectivity index (χ2n) is 3.71. The molecule has 0 saturated heterocycles. The number of nitrogens with two attached hydrogens (primary N) is 1. The van der Waals surface area contributed by atoms with Crippen LogP contribution in [0.15, 0.2) is 24.3 Å². The number of hydrogen-bond acceptors (Lipinski definition) is 2. The Morgan fingerprint density at radius 2 is 2.19 bits per heavy atom. The summed E-state index contributed by atoms with van der Waals surface area (Å²) in [6.45, 7) is 4.02. The summed E-state index contributed by atoms with van der Waals surface area (Å²) in [7, 11) is 0. The maximum Gasteiger partial charge on any atom is 0.127 e. The van der Waals surface area contributed by atoms with Crippen LogP contribution in [0.2, 0.25) is 5.02 Å². The van der Waals surface area contributed by atoms with Crippen LogP contribution in [0.5, 0.6) is 0 Å². The molecule has 0 aliphatic rings. The molecular weight excluding hydrogens is 222 g/mol. The van der Waals surface area contributed by atoms with Gasteiger partial charge in [0.1, 0.15) is 5.82 Å². The van der Waals surface area contributed by atoms with Crippen molar-refractivity contribution >= 4 is 17.4 Å². The van der Waals surface area contributed by atoms with Crippen molar-refractivity contribution in [3.63, 3.8) is 0 Å². The molecule has 1 aromatic heterocycles. The Labute approximate surface area is 99.8 Å². The maximum absolute atomic E-state index is 6.07. The molecule has 1 aromatic carbocycles. The minimum Gasteiger partial charge on any atom is -0.384 e. The number of nitrogens with zero attached hydrogens (tertiary/aromatic N) is 2. The minimum absolute atomic E-state index is 0.641. The highest BCUT2D eigenvalue weighted by Gasteiger charge is 2.09. The third-order valence-electron chi connectivity index (χ3n) is 2.62. The van der Waals surface area contributed by atoms with Crippen molar-refractivity contribution < 1.29 is 0 Å². The van der Waals surface area contributed by atoms with Crippen LogP contribution in [-0.4, -0.2) is 9.78 Å². The Kier molecular flexibility index (Phi) is 2.88. The Morgan fingerprint density at radius 1 is 1.44 bits per heavy atom. The zero-order valence-electron chi connectivity index (χ0n) is 9.37. The number of nitrogen functional groups attached to an aromatic ring is 1.